The Morgan fingerprint density at radius 1 is 1.10 bits per heavy atom. The van der Waals surface area contributed by atoms with Gasteiger partial charge in [0.05, 0.1) is 11.6 Å². The van der Waals surface area contributed by atoms with E-state index < -0.39 is 58.0 Å². The molecule has 0 heterocycles. The van der Waals surface area contributed by atoms with Crippen LogP contribution in [0.2, 0.25) is 0 Å². The molecule has 0 fully saturated rings. The number of carbonyl (C=O) groups excluding carboxylic acids is 3. The number of primary amides is 1. The second kappa shape index (κ2) is 9.96. The van der Waals surface area contributed by atoms with Crippen LogP contribution in [0.5, 0.6) is 5.75 Å². The van der Waals surface area contributed by atoms with Crippen molar-refractivity contribution >= 4 is 23.2 Å². The maximum atomic E-state index is 14.1. The molecule has 0 saturated carbocycles. The minimum Gasteiger partial charge on any atom is -0.510 e. The lowest BCUT2D eigenvalue weighted by Crippen LogP contribution is -2.63. The highest BCUT2D eigenvalue weighted by Crippen LogP contribution is 2.53. The van der Waals surface area contributed by atoms with Gasteiger partial charge < -0.3 is 31.1 Å². The zero-order valence-electron chi connectivity index (χ0n) is 23.3. The Morgan fingerprint density at radius 2 is 1.72 bits per heavy atom. The van der Waals surface area contributed by atoms with Crippen LogP contribution in [0.1, 0.15) is 41.8 Å². The molecule has 0 spiro atoms. The quantitative estimate of drug-likeness (QED) is 0.314. The molecule has 1 aromatic rings. The summed E-state index contributed by atoms with van der Waals surface area (Å²) in [6.07, 6.45) is 0.307. The van der Waals surface area contributed by atoms with E-state index in [0.29, 0.717) is 17.7 Å². The number of hydrogen-bond donors (Lipinski definition) is 5. The SMILES string of the molecule is CCN(CC)Cc1cc(N(C)C)c2c(c1O)C(=O)C1=C(O)[C@]3(O)C(=O)C(C(N)=O)=C(O)[C@@H](N(C)C)[C@@H]3C[C@@H]1C2. The van der Waals surface area contributed by atoms with Crippen LogP contribution in [0.3, 0.4) is 0 Å². The summed E-state index contributed by atoms with van der Waals surface area (Å²) in [5.74, 6) is -6.47. The van der Waals surface area contributed by atoms with Crippen molar-refractivity contribution in [2.45, 2.75) is 44.9 Å². The molecule has 0 aliphatic heterocycles. The zero-order chi connectivity index (χ0) is 29.1. The van der Waals surface area contributed by atoms with Crippen molar-refractivity contribution in [2.75, 3.05) is 46.2 Å². The summed E-state index contributed by atoms with van der Waals surface area (Å²) in [6.45, 7) is 5.86. The maximum absolute atomic E-state index is 14.1. The Hall–Kier alpha value is -3.41. The van der Waals surface area contributed by atoms with E-state index >= 15 is 0 Å². The van der Waals surface area contributed by atoms with Crippen LogP contribution in [0, 0.1) is 11.8 Å². The van der Waals surface area contributed by atoms with E-state index in [1.165, 1.54) is 4.90 Å². The average Bonchev–Trinajstić information content (AvgIpc) is 2.85. The lowest BCUT2D eigenvalue weighted by atomic mass is 9.58. The number of ketones is 2. The normalized spacial score (nSPS) is 26.6. The number of aliphatic hydroxyl groups is 3. The highest BCUT2D eigenvalue weighted by Gasteiger charge is 2.63. The third-order valence-corrected chi connectivity index (χ3v) is 8.55. The third kappa shape index (κ3) is 4.11. The number of rotatable bonds is 7. The van der Waals surface area contributed by atoms with Crippen molar-refractivity contribution in [3.05, 3.63) is 45.4 Å². The van der Waals surface area contributed by atoms with E-state index in [9.17, 15) is 34.8 Å². The predicted octanol–water partition coefficient (Wildman–Crippen LogP) is 1.03. The second-order valence-corrected chi connectivity index (χ2v) is 11.1. The smallest absolute Gasteiger partial charge is 0.255 e. The summed E-state index contributed by atoms with van der Waals surface area (Å²) in [4.78, 5) is 45.1. The number of anilines is 1. The van der Waals surface area contributed by atoms with Gasteiger partial charge in [0.1, 0.15) is 22.8 Å². The molecule has 3 aliphatic rings. The molecule has 0 bridgehead atoms. The molecule has 11 heteroatoms. The lowest BCUT2D eigenvalue weighted by molar-refractivity contribution is -0.148. The molecule has 0 aromatic heterocycles. The van der Waals surface area contributed by atoms with Crippen LogP contribution < -0.4 is 10.6 Å². The molecule has 1 amide bonds. The van der Waals surface area contributed by atoms with E-state index in [1.807, 2.05) is 38.9 Å². The molecule has 1 aromatic carbocycles. The standard InChI is InChI=1S/C28H38N4O7/c1-7-32(8-2)12-14-11-17(30(3)4)15-9-13-10-16-21(31(5)6)24(35)20(27(29)38)26(37)28(16,39)25(36)18(13)23(34)19(15)22(14)33/h11,13,16,21,33,35-36,39H,7-10,12H2,1-6H3,(H2,29,38)/t13-,16-,21-,28-/m0/s1. The fourth-order valence-corrected chi connectivity index (χ4v) is 6.56. The van der Waals surface area contributed by atoms with Crippen LogP contribution in [0.15, 0.2) is 28.7 Å². The predicted molar refractivity (Wildman–Crippen MR) is 145 cm³/mol. The Labute approximate surface area is 227 Å². The monoisotopic (exact) mass is 542 g/mol. The summed E-state index contributed by atoms with van der Waals surface area (Å²) in [6, 6.07) is 0.849. The van der Waals surface area contributed by atoms with Crippen molar-refractivity contribution in [1.82, 2.24) is 9.80 Å². The van der Waals surface area contributed by atoms with Crippen molar-refractivity contribution in [1.29, 1.82) is 0 Å². The molecule has 4 rings (SSSR count). The fraction of sp³-hybridized carbons (Fsp3) is 0.536. The van der Waals surface area contributed by atoms with E-state index in [1.54, 1.807) is 14.1 Å². The van der Waals surface area contributed by atoms with Gasteiger partial charge in [0.15, 0.2) is 11.4 Å². The number of aliphatic hydroxyl groups excluding tert-OH is 2. The number of amides is 1. The molecule has 0 unspecified atom stereocenters. The van der Waals surface area contributed by atoms with Gasteiger partial charge in [-0.25, -0.2) is 0 Å². The van der Waals surface area contributed by atoms with Crippen molar-refractivity contribution in [3.63, 3.8) is 0 Å². The van der Waals surface area contributed by atoms with Gasteiger partial charge in [-0.1, -0.05) is 13.8 Å². The number of nitrogens with zero attached hydrogens (tertiary/aromatic N) is 3. The average molecular weight is 543 g/mol. The van der Waals surface area contributed by atoms with Crippen molar-refractivity contribution in [2.24, 2.45) is 17.6 Å². The summed E-state index contributed by atoms with van der Waals surface area (Å²) in [7, 11) is 6.90. The maximum Gasteiger partial charge on any atom is 0.255 e. The largest absolute Gasteiger partial charge is 0.510 e. The minimum atomic E-state index is -2.65. The van der Waals surface area contributed by atoms with E-state index in [4.69, 9.17) is 5.73 Å². The molecular formula is C28H38N4O7. The number of allylic oxidation sites excluding steroid dienone is 1. The third-order valence-electron chi connectivity index (χ3n) is 8.55. The number of phenols is 1. The Balaban J connectivity index is 1.95. The highest BCUT2D eigenvalue weighted by molar-refractivity contribution is 6.24. The van der Waals surface area contributed by atoms with E-state index in [-0.39, 0.29) is 29.7 Å². The van der Waals surface area contributed by atoms with E-state index in [0.717, 1.165) is 18.8 Å². The molecule has 212 valence electrons. The highest BCUT2D eigenvalue weighted by atomic mass is 16.3. The first-order valence-corrected chi connectivity index (χ1v) is 13.1. The van der Waals surface area contributed by atoms with Gasteiger partial charge in [-0.2, -0.15) is 0 Å². The molecular weight excluding hydrogens is 504 g/mol. The van der Waals surface area contributed by atoms with Crippen LogP contribution in [0.25, 0.3) is 0 Å². The van der Waals surface area contributed by atoms with Gasteiger partial charge in [-0.05, 0) is 57.6 Å². The number of carbonyl (C=O) groups is 3. The Kier molecular flexibility index (Phi) is 7.30. The summed E-state index contributed by atoms with van der Waals surface area (Å²) in [5.41, 5.74) is 3.71. The molecule has 0 saturated heterocycles. The number of hydrogen-bond acceptors (Lipinski definition) is 10. The lowest BCUT2D eigenvalue weighted by Gasteiger charge is -2.50. The number of fused-ring (bicyclic) bond motifs is 3. The van der Waals surface area contributed by atoms with Crippen LogP contribution in [0.4, 0.5) is 5.69 Å². The van der Waals surface area contributed by atoms with Gasteiger partial charge in [-0.3, -0.25) is 24.2 Å². The second-order valence-electron chi connectivity index (χ2n) is 11.1. The van der Waals surface area contributed by atoms with Gasteiger partial charge in [0.25, 0.3) is 5.91 Å². The summed E-state index contributed by atoms with van der Waals surface area (Å²) in [5, 5.41) is 45.5. The molecule has 39 heavy (non-hydrogen) atoms. The minimum absolute atomic E-state index is 0.0316. The number of likely N-dealkylation sites (N-methyl/N-ethyl adjacent to an activating group) is 1. The summed E-state index contributed by atoms with van der Waals surface area (Å²) >= 11 is 0. The number of aromatic hydroxyl groups is 1. The molecule has 3 aliphatic carbocycles. The van der Waals surface area contributed by atoms with Gasteiger partial charge in [0.2, 0.25) is 5.78 Å². The van der Waals surface area contributed by atoms with Crippen LogP contribution in [-0.2, 0) is 22.6 Å². The topological polar surface area (TPSA) is 168 Å². The van der Waals surface area contributed by atoms with Crippen LogP contribution in [-0.4, -0.2) is 101 Å². The number of nitrogens with two attached hydrogens (primary N) is 1. The van der Waals surface area contributed by atoms with Crippen molar-refractivity contribution in [3.8, 4) is 5.75 Å². The molecule has 0 radical (unpaired) electrons. The molecule has 11 nitrogen and oxygen atoms in total. The van der Waals surface area contributed by atoms with Gasteiger partial charge >= 0.3 is 0 Å². The number of benzene rings is 1. The van der Waals surface area contributed by atoms with Gasteiger partial charge in [-0.15, -0.1) is 0 Å². The number of phenolic OH excluding ortho intramolecular Hbond substituents is 1. The first-order valence-electron chi connectivity index (χ1n) is 13.1. The van der Waals surface area contributed by atoms with Crippen molar-refractivity contribution < 1.29 is 34.8 Å². The first-order chi connectivity index (χ1) is 18.2. The van der Waals surface area contributed by atoms with E-state index in [2.05, 4.69) is 4.90 Å². The fourth-order valence-electron chi connectivity index (χ4n) is 6.56. The zero-order valence-corrected chi connectivity index (χ0v) is 23.3. The Morgan fingerprint density at radius 3 is 2.23 bits per heavy atom. The molecule has 6 N–H and O–H groups in total. The molecule has 4 atom stereocenters. The number of Topliss-reactive ketones (excluding diaryl/α,β-unsaturated/α-hetero) is 2. The van der Waals surface area contributed by atoms with Crippen LogP contribution >= 0.6 is 0 Å². The Bertz CT molecular complexity index is 1310. The first kappa shape index (κ1) is 28.6. The van der Waals surface area contributed by atoms with Gasteiger partial charge in [0, 0.05) is 43.4 Å². The summed E-state index contributed by atoms with van der Waals surface area (Å²) < 4.78 is 0.